The molecule has 0 saturated carbocycles. The second kappa shape index (κ2) is 5.76. The number of phosphoric acid groups is 1. The van der Waals surface area contributed by atoms with Crippen LogP contribution in [0.15, 0.2) is 0 Å². The molecular weight excluding hydrogens is 261 g/mol. The summed E-state index contributed by atoms with van der Waals surface area (Å²) in [6.45, 7) is 1.49. The van der Waals surface area contributed by atoms with Gasteiger partial charge in [-0.25, -0.2) is 9.09 Å². The normalized spacial score (nSPS) is 17.0. The van der Waals surface area contributed by atoms with Gasteiger partial charge in [-0.1, -0.05) is 30.1 Å². The lowest BCUT2D eigenvalue weighted by Gasteiger charge is -2.20. The van der Waals surface area contributed by atoms with Gasteiger partial charge >= 0.3 is 7.82 Å². The van der Waals surface area contributed by atoms with Crippen LogP contribution in [0.25, 0.3) is 0 Å². The van der Waals surface area contributed by atoms with Crippen molar-refractivity contribution in [2.75, 3.05) is 12.5 Å². The fourth-order valence-electron chi connectivity index (χ4n) is 0.410. The number of phosphoric ester groups is 1. The highest BCUT2D eigenvalue weighted by atomic mass is 35.5. The molecule has 0 aliphatic carbocycles. The molecule has 0 spiro atoms. The molecule has 1 unspecified atom stereocenters. The highest BCUT2D eigenvalue weighted by Gasteiger charge is 2.34. The van der Waals surface area contributed by atoms with E-state index in [-0.39, 0.29) is 18.9 Å². The monoisotopic (exact) mass is 270 g/mol. The number of rotatable bonds is 6. The molecule has 0 rings (SSSR count). The second-order valence-electron chi connectivity index (χ2n) is 2.07. The number of hydrogen-bond acceptors (Lipinski definition) is 3. The van der Waals surface area contributed by atoms with E-state index in [4.69, 9.17) is 39.7 Å². The van der Waals surface area contributed by atoms with E-state index in [1.165, 1.54) is 0 Å². The molecule has 0 aromatic rings. The molecule has 4 nitrogen and oxygen atoms in total. The summed E-state index contributed by atoms with van der Waals surface area (Å²) in [6, 6.07) is 0. The largest absolute Gasteiger partial charge is 0.474 e. The van der Waals surface area contributed by atoms with Crippen molar-refractivity contribution in [2.45, 2.75) is 17.9 Å². The van der Waals surface area contributed by atoms with Crippen LogP contribution in [0.1, 0.15) is 13.3 Å². The summed E-state index contributed by atoms with van der Waals surface area (Å²) in [5.74, 6) is 0.0810. The lowest BCUT2D eigenvalue weighted by atomic mass is 10.5. The van der Waals surface area contributed by atoms with E-state index in [9.17, 15) is 4.57 Å². The molecule has 1 N–H and O–H groups in total. The Morgan fingerprint density at radius 2 is 2.08 bits per heavy atom. The molecule has 0 bridgehead atoms. The van der Waals surface area contributed by atoms with E-state index in [1.54, 1.807) is 6.92 Å². The van der Waals surface area contributed by atoms with Crippen LogP contribution in [0.5, 0.6) is 0 Å². The number of halogens is 3. The van der Waals surface area contributed by atoms with E-state index in [2.05, 4.69) is 9.05 Å². The predicted octanol–water partition coefficient (Wildman–Crippen LogP) is 2.90. The number of hydrogen-bond donors (Lipinski definition) is 1. The third kappa shape index (κ3) is 6.97. The lowest BCUT2D eigenvalue weighted by Crippen LogP contribution is -2.15. The van der Waals surface area contributed by atoms with Gasteiger partial charge in [0.25, 0.3) is 0 Å². The molecule has 0 aromatic heterocycles. The fraction of sp³-hybridized carbons (Fsp3) is 1.00. The Hall–Kier alpha value is 0.980. The van der Waals surface area contributed by atoms with Crippen LogP contribution in [0.4, 0.5) is 0 Å². The SMILES string of the molecule is CCC(Cl)(Cl)OP(=O)(O)OCCCl. The van der Waals surface area contributed by atoms with Gasteiger partial charge in [0.2, 0.25) is 4.52 Å². The predicted molar refractivity (Wildman–Crippen MR) is 52.3 cm³/mol. The lowest BCUT2D eigenvalue weighted by molar-refractivity contribution is 0.123. The van der Waals surface area contributed by atoms with Gasteiger partial charge in [0.05, 0.1) is 6.61 Å². The third-order valence-electron chi connectivity index (χ3n) is 0.992. The maximum absolute atomic E-state index is 11.0. The number of alkyl halides is 3. The van der Waals surface area contributed by atoms with Crippen molar-refractivity contribution in [1.29, 1.82) is 0 Å². The highest BCUT2D eigenvalue weighted by molar-refractivity contribution is 7.47. The molecule has 1 atom stereocenters. The topological polar surface area (TPSA) is 55.8 Å². The minimum absolute atomic E-state index is 0.0810. The first kappa shape index (κ1) is 14.0. The van der Waals surface area contributed by atoms with Crippen molar-refractivity contribution in [3.05, 3.63) is 0 Å². The molecule has 8 heteroatoms. The standard InChI is InChI=1S/C5H10Cl3O4P/c1-2-5(7,8)12-13(9,10)11-4-3-6/h2-4H2,1H3,(H,9,10). The fourth-order valence-corrected chi connectivity index (χ4v) is 1.96. The van der Waals surface area contributed by atoms with Crippen LogP contribution in [0, 0.1) is 0 Å². The molecular formula is C5H10Cl3O4P. The highest BCUT2D eigenvalue weighted by Crippen LogP contribution is 2.50. The molecule has 0 heterocycles. The van der Waals surface area contributed by atoms with E-state index >= 15 is 0 Å². The van der Waals surface area contributed by atoms with Gasteiger partial charge in [0, 0.05) is 12.3 Å². The van der Waals surface area contributed by atoms with Gasteiger partial charge < -0.3 is 4.89 Å². The molecule has 80 valence electrons. The van der Waals surface area contributed by atoms with Gasteiger partial charge in [-0.05, 0) is 0 Å². The van der Waals surface area contributed by atoms with E-state index in [1.807, 2.05) is 0 Å². The minimum atomic E-state index is -4.20. The Morgan fingerprint density at radius 1 is 1.54 bits per heavy atom. The maximum Gasteiger partial charge on any atom is 0.474 e. The quantitative estimate of drug-likeness (QED) is 0.596. The molecule has 0 fully saturated rings. The molecule has 0 amide bonds. The summed E-state index contributed by atoms with van der Waals surface area (Å²) in [7, 11) is -4.20. The van der Waals surface area contributed by atoms with Crippen LogP contribution < -0.4 is 0 Å². The average molecular weight is 271 g/mol. The summed E-state index contributed by atoms with van der Waals surface area (Å²) in [6.07, 6.45) is 0.158. The minimum Gasteiger partial charge on any atom is -0.302 e. The summed E-state index contributed by atoms with van der Waals surface area (Å²) in [5.41, 5.74) is 0. The smallest absolute Gasteiger partial charge is 0.302 e. The summed E-state index contributed by atoms with van der Waals surface area (Å²) in [5, 5.41) is 0. The summed E-state index contributed by atoms with van der Waals surface area (Å²) < 4.78 is 18.2. The zero-order valence-corrected chi connectivity index (χ0v) is 10.0. The van der Waals surface area contributed by atoms with Gasteiger partial charge in [-0.2, -0.15) is 0 Å². The van der Waals surface area contributed by atoms with Gasteiger partial charge in [-0.15, -0.1) is 11.6 Å². The first-order chi connectivity index (χ1) is 5.83. The van der Waals surface area contributed by atoms with Gasteiger partial charge in [-0.3, -0.25) is 4.52 Å². The van der Waals surface area contributed by atoms with Crippen LogP contribution in [0.2, 0.25) is 0 Å². The van der Waals surface area contributed by atoms with Crippen LogP contribution >= 0.6 is 42.6 Å². The van der Waals surface area contributed by atoms with Crippen molar-refractivity contribution < 1.29 is 18.5 Å². The molecule has 0 radical (unpaired) electrons. The van der Waals surface area contributed by atoms with Crippen molar-refractivity contribution in [1.82, 2.24) is 0 Å². The first-order valence-electron chi connectivity index (χ1n) is 3.45. The summed E-state index contributed by atoms with van der Waals surface area (Å²) >= 11 is 16.2. The molecule has 0 aliphatic heterocycles. The Kier molecular flexibility index (Phi) is 6.20. The average Bonchev–Trinajstić information content (AvgIpc) is 1.99. The van der Waals surface area contributed by atoms with Gasteiger partial charge in [0.15, 0.2) is 0 Å². The third-order valence-corrected chi connectivity index (χ3v) is 3.10. The van der Waals surface area contributed by atoms with Crippen LogP contribution in [0.3, 0.4) is 0 Å². The molecule has 13 heavy (non-hydrogen) atoms. The van der Waals surface area contributed by atoms with E-state index in [0.29, 0.717) is 0 Å². The van der Waals surface area contributed by atoms with E-state index < -0.39 is 12.3 Å². The Bertz CT molecular complexity index is 198. The maximum atomic E-state index is 11.0. The molecule has 0 aromatic carbocycles. The van der Waals surface area contributed by atoms with Crippen molar-refractivity contribution >= 4 is 42.6 Å². The van der Waals surface area contributed by atoms with Gasteiger partial charge in [0.1, 0.15) is 0 Å². The Labute approximate surface area is 91.7 Å². The van der Waals surface area contributed by atoms with Crippen molar-refractivity contribution in [3.8, 4) is 0 Å². The second-order valence-corrected chi connectivity index (χ2v) is 5.24. The zero-order valence-electron chi connectivity index (χ0n) is 6.87. The molecule has 0 saturated heterocycles. The van der Waals surface area contributed by atoms with Crippen molar-refractivity contribution in [2.24, 2.45) is 0 Å². The Morgan fingerprint density at radius 3 is 2.46 bits per heavy atom. The first-order valence-corrected chi connectivity index (χ1v) is 6.23. The Balaban J connectivity index is 4.08. The summed E-state index contributed by atoms with van der Waals surface area (Å²) in [4.78, 5) is 9.00. The molecule has 0 aliphatic rings. The zero-order chi connectivity index (χ0) is 10.5. The van der Waals surface area contributed by atoms with Crippen LogP contribution in [-0.4, -0.2) is 21.9 Å². The van der Waals surface area contributed by atoms with E-state index in [0.717, 1.165) is 0 Å². The van der Waals surface area contributed by atoms with Crippen molar-refractivity contribution in [3.63, 3.8) is 0 Å². The van der Waals surface area contributed by atoms with Crippen LogP contribution in [-0.2, 0) is 13.6 Å².